The largest absolute Gasteiger partial charge is 0.352 e. The summed E-state index contributed by atoms with van der Waals surface area (Å²) < 4.78 is 3.31. The number of rotatable bonds is 5. The van der Waals surface area contributed by atoms with Crippen molar-refractivity contribution in [1.29, 1.82) is 0 Å². The van der Waals surface area contributed by atoms with Crippen LogP contribution in [0.3, 0.4) is 0 Å². The summed E-state index contributed by atoms with van der Waals surface area (Å²) >= 11 is 1.49. The zero-order valence-corrected chi connectivity index (χ0v) is 16.7. The molecule has 0 saturated carbocycles. The fourth-order valence-corrected chi connectivity index (χ4v) is 4.66. The molecule has 0 bridgehead atoms. The Kier molecular flexibility index (Phi) is 4.80. The lowest BCUT2D eigenvalue weighted by Gasteiger charge is -2.13. The van der Waals surface area contributed by atoms with Gasteiger partial charge in [-0.1, -0.05) is 36.0 Å². The Morgan fingerprint density at radius 1 is 1.17 bits per heavy atom. The number of pyridine rings is 1. The van der Waals surface area contributed by atoms with E-state index in [0.717, 1.165) is 11.3 Å². The summed E-state index contributed by atoms with van der Waals surface area (Å²) in [5.41, 5.74) is 2.15. The second-order valence-electron chi connectivity index (χ2n) is 7.01. The van der Waals surface area contributed by atoms with Crippen LogP contribution in [-0.4, -0.2) is 36.0 Å². The summed E-state index contributed by atoms with van der Waals surface area (Å²) in [5, 5.41) is 8.33. The van der Waals surface area contributed by atoms with Crippen molar-refractivity contribution in [2.45, 2.75) is 24.2 Å². The molecule has 1 N–H and O–H groups in total. The molecular formula is C21H18N6O2S. The van der Waals surface area contributed by atoms with Gasteiger partial charge in [0.05, 0.1) is 17.9 Å². The van der Waals surface area contributed by atoms with E-state index in [2.05, 4.69) is 15.4 Å². The first kappa shape index (κ1) is 18.6. The second kappa shape index (κ2) is 7.75. The van der Waals surface area contributed by atoms with Crippen molar-refractivity contribution in [2.75, 3.05) is 5.75 Å². The van der Waals surface area contributed by atoms with E-state index >= 15 is 0 Å². The van der Waals surface area contributed by atoms with Crippen LogP contribution in [0.2, 0.25) is 0 Å². The van der Waals surface area contributed by atoms with Gasteiger partial charge >= 0.3 is 0 Å². The fraction of sp³-hybridized carbons (Fsp3) is 0.190. The van der Waals surface area contributed by atoms with E-state index < -0.39 is 0 Å². The van der Waals surface area contributed by atoms with E-state index in [-0.39, 0.29) is 23.9 Å². The predicted molar refractivity (Wildman–Crippen MR) is 114 cm³/mol. The van der Waals surface area contributed by atoms with Gasteiger partial charge in [0.15, 0.2) is 10.8 Å². The van der Waals surface area contributed by atoms with E-state index in [1.54, 1.807) is 27.8 Å². The quantitative estimate of drug-likeness (QED) is 0.500. The maximum atomic E-state index is 13.2. The van der Waals surface area contributed by atoms with Gasteiger partial charge in [-0.3, -0.25) is 19.1 Å². The highest BCUT2D eigenvalue weighted by Crippen LogP contribution is 2.33. The molecule has 0 unspecified atom stereocenters. The molecule has 30 heavy (non-hydrogen) atoms. The number of para-hydroxylation sites is 1. The molecule has 1 aromatic carbocycles. The molecule has 9 heteroatoms. The molecule has 4 heterocycles. The van der Waals surface area contributed by atoms with Gasteiger partial charge in [0.25, 0.3) is 5.56 Å². The van der Waals surface area contributed by atoms with Gasteiger partial charge in [0, 0.05) is 31.1 Å². The summed E-state index contributed by atoms with van der Waals surface area (Å²) in [4.78, 5) is 34.3. The molecule has 0 radical (unpaired) electrons. The summed E-state index contributed by atoms with van der Waals surface area (Å²) in [6, 6.07) is 13.1. The van der Waals surface area contributed by atoms with Crippen molar-refractivity contribution in [1.82, 2.24) is 29.6 Å². The van der Waals surface area contributed by atoms with Crippen LogP contribution in [0.25, 0.3) is 16.7 Å². The van der Waals surface area contributed by atoms with E-state index in [0.29, 0.717) is 28.5 Å². The van der Waals surface area contributed by atoms with Crippen LogP contribution in [-0.2, 0) is 11.3 Å². The van der Waals surface area contributed by atoms with Crippen LogP contribution in [0, 0.1) is 0 Å². The number of hydrogen-bond donors (Lipinski definition) is 1. The first-order chi connectivity index (χ1) is 14.7. The number of nitrogens with zero attached hydrogens (tertiary/aromatic N) is 5. The third kappa shape index (κ3) is 3.37. The van der Waals surface area contributed by atoms with Gasteiger partial charge in [-0.15, -0.1) is 0 Å². The Balaban J connectivity index is 1.39. The monoisotopic (exact) mass is 418 g/mol. The number of nitrogens with one attached hydrogen (secondary N) is 1. The molecule has 3 aromatic heterocycles. The zero-order valence-electron chi connectivity index (χ0n) is 15.9. The van der Waals surface area contributed by atoms with Crippen LogP contribution in [0.15, 0.2) is 71.0 Å². The minimum absolute atomic E-state index is 0.107. The van der Waals surface area contributed by atoms with Gasteiger partial charge in [0.2, 0.25) is 5.91 Å². The van der Waals surface area contributed by atoms with Gasteiger partial charge < -0.3 is 5.32 Å². The lowest BCUT2D eigenvalue weighted by molar-refractivity contribution is -0.121. The fourth-order valence-electron chi connectivity index (χ4n) is 3.53. The van der Waals surface area contributed by atoms with Crippen LogP contribution < -0.4 is 10.9 Å². The number of hydrogen-bond acceptors (Lipinski definition) is 6. The van der Waals surface area contributed by atoms with Crippen molar-refractivity contribution in [3.63, 3.8) is 0 Å². The van der Waals surface area contributed by atoms with E-state index in [9.17, 15) is 9.59 Å². The minimum atomic E-state index is -0.233. The summed E-state index contributed by atoms with van der Waals surface area (Å²) in [5.74, 6) is 0.526. The average Bonchev–Trinajstić information content (AvgIpc) is 3.39. The van der Waals surface area contributed by atoms with E-state index in [1.165, 1.54) is 11.8 Å². The van der Waals surface area contributed by atoms with Crippen molar-refractivity contribution in [3.8, 4) is 5.69 Å². The molecular weight excluding hydrogens is 400 g/mol. The summed E-state index contributed by atoms with van der Waals surface area (Å²) in [6.07, 6.45) is 5.18. The Morgan fingerprint density at radius 2 is 2.03 bits per heavy atom. The summed E-state index contributed by atoms with van der Waals surface area (Å²) in [6.45, 7) is 0.412. The number of thioether (sulfide) groups is 1. The third-order valence-electron chi connectivity index (χ3n) is 5.00. The standard InChI is InChI=1S/C21H18N6O2S/c28-18(23-11-14-5-4-8-22-10-14)9-16-13-30-21-25-19-17(20(29)26(16)21)12-24-27(19)15-6-2-1-3-7-15/h1-8,10,12,16H,9,11,13H2,(H,23,28)/t16-/m0/s1. The normalized spacial score (nSPS) is 15.3. The maximum Gasteiger partial charge on any atom is 0.265 e. The lowest BCUT2D eigenvalue weighted by Crippen LogP contribution is -2.30. The maximum absolute atomic E-state index is 13.2. The molecule has 1 aliphatic heterocycles. The molecule has 150 valence electrons. The van der Waals surface area contributed by atoms with Crippen LogP contribution in [0.4, 0.5) is 0 Å². The lowest BCUT2D eigenvalue weighted by atomic mass is 10.2. The summed E-state index contributed by atoms with van der Waals surface area (Å²) in [7, 11) is 0. The highest BCUT2D eigenvalue weighted by atomic mass is 32.2. The SMILES string of the molecule is O=C(C[C@H]1CSc2nc3c(cnn3-c3ccccc3)c(=O)n21)NCc1cccnc1. The first-order valence-corrected chi connectivity index (χ1v) is 10.5. The number of amides is 1. The molecule has 1 amide bonds. The van der Waals surface area contributed by atoms with Gasteiger partial charge in [-0.25, -0.2) is 9.67 Å². The van der Waals surface area contributed by atoms with Crippen molar-refractivity contribution in [2.24, 2.45) is 0 Å². The molecule has 1 atom stereocenters. The van der Waals surface area contributed by atoms with Crippen LogP contribution >= 0.6 is 11.8 Å². The minimum Gasteiger partial charge on any atom is -0.352 e. The number of carbonyl (C=O) groups excluding carboxylic acids is 1. The van der Waals surface area contributed by atoms with Gasteiger partial charge in [-0.05, 0) is 23.8 Å². The number of benzene rings is 1. The third-order valence-corrected chi connectivity index (χ3v) is 6.10. The Bertz CT molecular complexity index is 1270. The molecule has 0 fully saturated rings. The Morgan fingerprint density at radius 3 is 2.83 bits per heavy atom. The van der Waals surface area contributed by atoms with Crippen LogP contribution in [0.5, 0.6) is 0 Å². The number of carbonyl (C=O) groups is 1. The molecule has 8 nitrogen and oxygen atoms in total. The smallest absolute Gasteiger partial charge is 0.265 e. The van der Waals surface area contributed by atoms with Crippen LogP contribution in [0.1, 0.15) is 18.0 Å². The highest BCUT2D eigenvalue weighted by Gasteiger charge is 2.29. The van der Waals surface area contributed by atoms with Gasteiger partial charge in [0.1, 0.15) is 5.39 Å². The second-order valence-corrected chi connectivity index (χ2v) is 7.99. The van der Waals surface area contributed by atoms with Crippen molar-refractivity contribution >= 4 is 28.7 Å². The molecule has 0 saturated heterocycles. The van der Waals surface area contributed by atoms with Crippen molar-refractivity contribution < 1.29 is 4.79 Å². The predicted octanol–water partition coefficient (Wildman–Crippen LogP) is 2.33. The average molecular weight is 418 g/mol. The molecule has 0 aliphatic carbocycles. The molecule has 4 aromatic rings. The van der Waals surface area contributed by atoms with E-state index in [4.69, 9.17) is 4.98 Å². The molecule has 0 spiro atoms. The van der Waals surface area contributed by atoms with E-state index in [1.807, 2.05) is 42.5 Å². The Hall–Kier alpha value is -3.46. The Labute approximate surface area is 176 Å². The topological polar surface area (TPSA) is 94.7 Å². The first-order valence-electron chi connectivity index (χ1n) is 9.55. The molecule has 1 aliphatic rings. The zero-order chi connectivity index (χ0) is 20.5. The molecule has 5 rings (SSSR count). The van der Waals surface area contributed by atoms with Crippen molar-refractivity contribution in [3.05, 3.63) is 77.0 Å². The number of fused-ring (bicyclic) bond motifs is 2. The van der Waals surface area contributed by atoms with Gasteiger partial charge in [-0.2, -0.15) is 5.10 Å². The highest BCUT2D eigenvalue weighted by molar-refractivity contribution is 7.99. The number of aromatic nitrogens is 5.